The molecule has 1 aliphatic rings. The van der Waals surface area contributed by atoms with E-state index < -0.39 is 17.9 Å². The zero-order chi connectivity index (χ0) is 15.6. The van der Waals surface area contributed by atoms with Crippen LogP contribution in [0.2, 0.25) is 0 Å². The molecule has 3 N–H and O–H groups in total. The highest BCUT2D eigenvalue weighted by Crippen LogP contribution is 2.38. The lowest BCUT2D eigenvalue weighted by Gasteiger charge is -2.53. The average Bonchev–Trinajstić information content (AvgIpc) is 2.31. The lowest BCUT2D eigenvalue weighted by atomic mass is 9.75. The van der Waals surface area contributed by atoms with Crippen molar-refractivity contribution in [2.45, 2.75) is 58.9 Å². The van der Waals surface area contributed by atoms with Crippen molar-refractivity contribution in [3.05, 3.63) is 0 Å². The summed E-state index contributed by atoms with van der Waals surface area (Å²) in [5, 5.41) is 9.41. The Balaban J connectivity index is 3.14. The number of nitrogens with zero attached hydrogens (tertiary/aromatic N) is 1. The van der Waals surface area contributed by atoms with Crippen molar-refractivity contribution < 1.29 is 19.4 Å². The van der Waals surface area contributed by atoms with Crippen LogP contribution in [0, 0.1) is 5.41 Å². The normalized spacial score (nSPS) is 26.6. The molecule has 118 valence electrons. The largest absolute Gasteiger partial charge is 0.465 e. The van der Waals surface area contributed by atoms with Crippen LogP contribution in [0.1, 0.15) is 41.0 Å². The van der Waals surface area contributed by atoms with Crippen LogP contribution in [0.4, 0.5) is 4.79 Å². The first kappa shape index (κ1) is 17.2. The van der Waals surface area contributed by atoms with E-state index in [1.54, 1.807) is 0 Å². The van der Waals surface area contributed by atoms with Gasteiger partial charge in [0.25, 0.3) is 0 Å². The molecule has 6 heteroatoms. The molecule has 6 nitrogen and oxygen atoms in total. The van der Waals surface area contributed by atoms with Crippen LogP contribution in [0.15, 0.2) is 0 Å². The van der Waals surface area contributed by atoms with Gasteiger partial charge >= 0.3 is 6.09 Å². The van der Waals surface area contributed by atoms with E-state index in [0.29, 0.717) is 26.2 Å². The molecule has 1 heterocycles. The van der Waals surface area contributed by atoms with Gasteiger partial charge in [-0.3, -0.25) is 0 Å². The standard InChI is InChI=1S/C14H28N2O4/c1-6-19-14(20-7-2)8-9-16(12(17)18)11(10(14)15)13(3,4)5/h10-11H,6-9,15H2,1-5H3,(H,17,18). The van der Waals surface area contributed by atoms with Crippen LogP contribution >= 0.6 is 0 Å². The molecule has 0 saturated carbocycles. The maximum atomic E-state index is 11.5. The van der Waals surface area contributed by atoms with Gasteiger partial charge in [0.2, 0.25) is 0 Å². The van der Waals surface area contributed by atoms with E-state index in [1.807, 2.05) is 34.6 Å². The molecular formula is C14H28N2O4. The SMILES string of the molecule is CCOC1(OCC)CCN(C(=O)O)C(C(C)(C)C)C1N. The number of piperidine rings is 1. The summed E-state index contributed by atoms with van der Waals surface area (Å²) < 4.78 is 11.6. The van der Waals surface area contributed by atoms with Gasteiger partial charge in [-0.05, 0) is 19.3 Å². The van der Waals surface area contributed by atoms with Crippen LogP contribution < -0.4 is 5.73 Å². The summed E-state index contributed by atoms with van der Waals surface area (Å²) in [6, 6.07) is -0.876. The number of hydrogen-bond donors (Lipinski definition) is 2. The van der Waals surface area contributed by atoms with Gasteiger partial charge < -0.3 is 25.2 Å². The van der Waals surface area contributed by atoms with Gasteiger partial charge in [0.05, 0.1) is 12.1 Å². The molecule has 1 rings (SSSR count). The van der Waals surface area contributed by atoms with Gasteiger partial charge in [-0.15, -0.1) is 0 Å². The van der Waals surface area contributed by atoms with Gasteiger partial charge in [-0.1, -0.05) is 20.8 Å². The van der Waals surface area contributed by atoms with Crippen LogP contribution in [0.5, 0.6) is 0 Å². The molecule has 0 spiro atoms. The number of hydrogen-bond acceptors (Lipinski definition) is 4. The average molecular weight is 288 g/mol. The maximum Gasteiger partial charge on any atom is 0.407 e. The zero-order valence-corrected chi connectivity index (χ0v) is 13.2. The minimum atomic E-state index is -0.943. The molecule has 0 bridgehead atoms. The summed E-state index contributed by atoms with van der Waals surface area (Å²) in [6.07, 6.45) is -0.490. The Hall–Kier alpha value is -0.850. The minimum Gasteiger partial charge on any atom is -0.465 e. The summed E-state index contributed by atoms with van der Waals surface area (Å²) >= 11 is 0. The Labute approximate surface area is 121 Å². The van der Waals surface area contributed by atoms with Gasteiger partial charge in [0, 0.05) is 26.2 Å². The summed E-state index contributed by atoms with van der Waals surface area (Å²) in [7, 11) is 0. The quantitative estimate of drug-likeness (QED) is 0.772. The predicted octanol–water partition coefficient (Wildman–Crippen LogP) is 1.88. The van der Waals surface area contributed by atoms with Crippen molar-refractivity contribution >= 4 is 6.09 Å². The molecular weight excluding hydrogens is 260 g/mol. The third-order valence-corrected chi connectivity index (χ3v) is 3.80. The van der Waals surface area contributed by atoms with Gasteiger partial charge in [0.1, 0.15) is 0 Å². The van der Waals surface area contributed by atoms with Crippen LogP contribution in [-0.4, -0.2) is 53.7 Å². The van der Waals surface area contributed by atoms with Crippen LogP contribution in [0.3, 0.4) is 0 Å². The van der Waals surface area contributed by atoms with E-state index in [-0.39, 0.29) is 11.5 Å². The lowest BCUT2D eigenvalue weighted by molar-refractivity contribution is -0.273. The summed E-state index contributed by atoms with van der Waals surface area (Å²) in [5.41, 5.74) is 6.10. The first-order chi connectivity index (χ1) is 9.19. The summed E-state index contributed by atoms with van der Waals surface area (Å²) in [5.74, 6) is -0.895. The van der Waals surface area contributed by atoms with E-state index in [1.165, 1.54) is 4.90 Å². The molecule has 1 amide bonds. The number of ether oxygens (including phenoxy) is 2. The molecule has 0 aromatic carbocycles. The number of carbonyl (C=O) groups is 1. The first-order valence-electron chi connectivity index (χ1n) is 7.22. The fraction of sp³-hybridized carbons (Fsp3) is 0.929. The number of likely N-dealkylation sites (tertiary alicyclic amines) is 1. The van der Waals surface area contributed by atoms with Gasteiger partial charge in [-0.2, -0.15) is 0 Å². The summed E-state index contributed by atoms with van der Waals surface area (Å²) in [4.78, 5) is 12.9. The Morgan fingerprint density at radius 2 is 1.85 bits per heavy atom. The monoisotopic (exact) mass is 288 g/mol. The first-order valence-corrected chi connectivity index (χ1v) is 7.22. The van der Waals surface area contributed by atoms with Crippen molar-refractivity contribution in [2.24, 2.45) is 11.1 Å². The highest BCUT2D eigenvalue weighted by atomic mass is 16.7. The molecule has 0 aromatic rings. The Kier molecular flexibility index (Phi) is 5.40. The smallest absolute Gasteiger partial charge is 0.407 e. The number of nitrogens with two attached hydrogens (primary N) is 1. The lowest BCUT2D eigenvalue weighted by Crippen LogP contribution is -2.71. The second-order valence-electron chi connectivity index (χ2n) is 6.24. The third kappa shape index (κ3) is 3.24. The Morgan fingerprint density at radius 3 is 2.20 bits per heavy atom. The molecule has 0 radical (unpaired) electrons. The molecule has 20 heavy (non-hydrogen) atoms. The number of carboxylic acid groups (broad SMARTS) is 1. The van der Waals surface area contributed by atoms with E-state index in [2.05, 4.69) is 0 Å². The van der Waals surface area contributed by atoms with Crippen LogP contribution in [0.25, 0.3) is 0 Å². The Bertz CT molecular complexity index is 335. The Morgan fingerprint density at radius 1 is 1.35 bits per heavy atom. The molecule has 1 fully saturated rings. The summed E-state index contributed by atoms with van der Waals surface area (Å²) in [6.45, 7) is 11.1. The van der Waals surface area contributed by atoms with Gasteiger partial charge in [0.15, 0.2) is 5.79 Å². The maximum absolute atomic E-state index is 11.5. The fourth-order valence-corrected chi connectivity index (χ4v) is 3.10. The minimum absolute atomic E-state index is 0.294. The zero-order valence-electron chi connectivity index (χ0n) is 13.2. The van der Waals surface area contributed by atoms with Crippen molar-refractivity contribution in [3.8, 4) is 0 Å². The molecule has 0 aromatic heterocycles. The topological polar surface area (TPSA) is 85.0 Å². The van der Waals surface area contributed by atoms with Crippen molar-refractivity contribution in [1.82, 2.24) is 4.90 Å². The molecule has 1 aliphatic heterocycles. The molecule has 2 unspecified atom stereocenters. The van der Waals surface area contributed by atoms with Crippen molar-refractivity contribution in [1.29, 1.82) is 0 Å². The predicted molar refractivity (Wildman–Crippen MR) is 76.5 cm³/mol. The highest BCUT2D eigenvalue weighted by molar-refractivity contribution is 5.66. The van der Waals surface area contributed by atoms with E-state index in [9.17, 15) is 9.90 Å². The second kappa shape index (κ2) is 6.28. The van der Waals surface area contributed by atoms with E-state index in [4.69, 9.17) is 15.2 Å². The number of amides is 1. The molecule has 0 aliphatic carbocycles. The van der Waals surface area contributed by atoms with E-state index >= 15 is 0 Å². The highest BCUT2D eigenvalue weighted by Gasteiger charge is 2.53. The second-order valence-corrected chi connectivity index (χ2v) is 6.24. The van der Waals surface area contributed by atoms with Crippen LogP contribution in [-0.2, 0) is 9.47 Å². The fourth-order valence-electron chi connectivity index (χ4n) is 3.10. The van der Waals surface area contributed by atoms with Gasteiger partial charge in [-0.25, -0.2) is 4.79 Å². The van der Waals surface area contributed by atoms with Crippen molar-refractivity contribution in [2.75, 3.05) is 19.8 Å². The van der Waals surface area contributed by atoms with Crippen molar-refractivity contribution in [3.63, 3.8) is 0 Å². The molecule has 1 saturated heterocycles. The molecule has 2 atom stereocenters. The van der Waals surface area contributed by atoms with E-state index in [0.717, 1.165) is 0 Å². The number of rotatable bonds is 4. The third-order valence-electron chi connectivity index (χ3n) is 3.80.